The quantitative estimate of drug-likeness (QED) is 0.687. The second-order valence-corrected chi connectivity index (χ2v) is 9.16. The van der Waals surface area contributed by atoms with Crippen LogP contribution in [0.5, 0.6) is 0 Å². The van der Waals surface area contributed by atoms with Gasteiger partial charge < -0.3 is 0 Å². The van der Waals surface area contributed by atoms with Crippen molar-refractivity contribution in [3.05, 3.63) is 40.3 Å². The van der Waals surface area contributed by atoms with E-state index >= 15 is 0 Å². The van der Waals surface area contributed by atoms with E-state index in [1.807, 2.05) is 0 Å². The number of hydrogen-bond acceptors (Lipinski definition) is 5. The molecule has 2 N–H and O–H groups in total. The Labute approximate surface area is 151 Å². The summed E-state index contributed by atoms with van der Waals surface area (Å²) in [5.41, 5.74) is -0.577. The maximum Gasteiger partial charge on any atom is 0.426 e. The highest BCUT2D eigenvalue weighted by molar-refractivity contribution is 7.93. The van der Waals surface area contributed by atoms with Gasteiger partial charge in [0.1, 0.15) is 20.5 Å². The van der Waals surface area contributed by atoms with Gasteiger partial charge in [-0.1, -0.05) is 6.92 Å². The molecule has 26 heavy (non-hydrogen) atoms. The van der Waals surface area contributed by atoms with Gasteiger partial charge in [0.25, 0.3) is 10.0 Å². The third-order valence-electron chi connectivity index (χ3n) is 2.99. The number of anilines is 1. The molecule has 1 heterocycles. The zero-order valence-corrected chi connectivity index (χ0v) is 15.4. The molecule has 144 valence electrons. The van der Waals surface area contributed by atoms with Crippen molar-refractivity contribution in [3.63, 3.8) is 0 Å². The molecule has 1 aromatic heterocycles. The molecule has 6 nitrogen and oxygen atoms in total. The molecular formula is C13H12F4N2O4S3. The summed E-state index contributed by atoms with van der Waals surface area (Å²) in [7, 11) is -9.05. The van der Waals surface area contributed by atoms with E-state index in [1.54, 1.807) is 4.72 Å². The zero-order valence-electron chi connectivity index (χ0n) is 13.0. The summed E-state index contributed by atoms with van der Waals surface area (Å²) in [6.07, 6.45) is -4.90. The molecule has 0 bridgehead atoms. The van der Waals surface area contributed by atoms with Crippen molar-refractivity contribution in [2.45, 2.75) is 22.9 Å². The van der Waals surface area contributed by atoms with Gasteiger partial charge in [0, 0.05) is 6.54 Å². The minimum atomic E-state index is -4.90. The molecule has 0 unspecified atom stereocenters. The number of sulfonamides is 2. The minimum Gasteiger partial charge on any atom is -0.278 e. The lowest BCUT2D eigenvalue weighted by Gasteiger charge is -2.14. The number of nitrogens with one attached hydrogen (secondary N) is 2. The fourth-order valence-electron chi connectivity index (χ4n) is 1.99. The Balaban J connectivity index is 2.54. The summed E-state index contributed by atoms with van der Waals surface area (Å²) in [5, 5.41) is 0.943. The van der Waals surface area contributed by atoms with Crippen LogP contribution in [0.3, 0.4) is 0 Å². The third-order valence-corrected chi connectivity index (χ3v) is 7.07. The van der Waals surface area contributed by atoms with Gasteiger partial charge in [0.2, 0.25) is 10.0 Å². The number of rotatable bonds is 6. The van der Waals surface area contributed by atoms with E-state index in [4.69, 9.17) is 0 Å². The molecule has 2 aromatic rings. The van der Waals surface area contributed by atoms with Crippen LogP contribution in [0.1, 0.15) is 11.8 Å². The maximum atomic E-state index is 13.4. The Morgan fingerprint density at radius 2 is 1.69 bits per heavy atom. The van der Waals surface area contributed by atoms with Crippen molar-refractivity contribution in [3.8, 4) is 0 Å². The first-order valence-electron chi connectivity index (χ1n) is 6.85. The Kier molecular flexibility index (Phi) is 5.66. The van der Waals surface area contributed by atoms with E-state index < -0.39 is 52.4 Å². The first kappa shape index (κ1) is 20.6. The standard InChI is InChI=1S/C13H12F4N2O4S3/c1-2-18-25(20,21)11-7-8(14)3-4-9(11)19-26(22,23)10-5-6-24-12(10)13(15,16)17/h3-7,18-19H,2H2,1H3. The molecule has 0 amide bonds. The lowest BCUT2D eigenvalue weighted by atomic mass is 10.3. The van der Waals surface area contributed by atoms with Gasteiger partial charge in [0.15, 0.2) is 0 Å². The van der Waals surface area contributed by atoms with Crippen LogP contribution in [0.4, 0.5) is 23.2 Å². The van der Waals surface area contributed by atoms with Crippen molar-refractivity contribution < 1.29 is 34.4 Å². The molecule has 0 aliphatic carbocycles. The summed E-state index contributed by atoms with van der Waals surface area (Å²) < 4.78 is 105. The molecule has 1 aromatic carbocycles. The van der Waals surface area contributed by atoms with Crippen LogP contribution in [-0.2, 0) is 26.2 Å². The molecule has 2 rings (SSSR count). The Hall–Kier alpha value is -1.70. The number of hydrogen-bond donors (Lipinski definition) is 2. The van der Waals surface area contributed by atoms with Gasteiger partial charge in [-0.2, -0.15) is 13.2 Å². The van der Waals surface area contributed by atoms with Crippen molar-refractivity contribution in [2.24, 2.45) is 0 Å². The monoisotopic (exact) mass is 432 g/mol. The molecule has 0 spiro atoms. The zero-order chi connectivity index (χ0) is 19.8. The van der Waals surface area contributed by atoms with Gasteiger partial charge in [-0.05, 0) is 29.6 Å². The summed E-state index contributed by atoms with van der Waals surface area (Å²) in [4.78, 5) is -3.15. The van der Waals surface area contributed by atoms with Crippen molar-refractivity contribution in [2.75, 3.05) is 11.3 Å². The molecule has 0 aliphatic rings. The van der Waals surface area contributed by atoms with Gasteiger partial charge in [-0.3, -0.25) is 4.72 Å². The maximum absolute atomic E-state index is 13.4. The predicted molar refractivity (Wildman–Crippen MR) is 87.4 cm³/mol. The predicted octanol–water partition coefficient (Wildman–Crippen LogP) is 3.01. The van der Waals surface area contributed by atoms with Crippen molar-refractivity contribution in [1.82, 2.24) is 4.72 Å². The fraction of sp³-hybridized carbons (Fsp3) is 0.231. The van der Waals surface area contributed by atoms with E-state index in [9.17, 15) is 34.4 Å². The average Bonchev–Trinajstić information content (AvgIpc) is 2.99. The summed E-state index contributed by atoms with van der Waals surface area (Å²) in [5.74, 6) is -0.962. The molecule has 0 aliphatic heterocycles. The summed E-state index contributed by atoms with van der Waals surface area (Å²) in [6, 6.07) is 2.91. The molecule has 0 fully saturated rings. The van der Waals surface area contributed by atoms with E-state index in [1.165, 1.54) is 6.92 Å². The highest BCUT2D eigenvalue weighted by Gasteiger charge is 2.39. The van der Waals surface area contributed by atoms with Gasteiger partial charge in [0.05, 0.1) is 5.69 Å². The normalized spacial score (nSPS) is 13.0. The van der Waals surface area contributed by atoms with Crippen molar-refractivity contribution in [1.29, 1.82) is 0 Å². The van der Waals surface area contributed by atoms with Crippen molar-refractivity contribution >= 4 is 37.1 Å². The second kappa shape index (κ2) is 7.13. The molecule has 0 saturated carbocycles. The number of halogens is 4. The first-order valence-corrected chi connectivity index (χ1v) is 10.7. The van der Waals surface area contributed by atoms with Crippen LogP contribution in [0, 0.1) is 5.82 Å². The van der Waals surface area contributed by atoms with Crippen LogP contribution < -0.4 is 9.44 Å². The minimum absolute atomic E-state index is 0.0617. The van der Waals surface area contributed by atoms with Crippen LogP contribution in [0.2, 0.25) is 0 Å². The van der Waals surface area contributed by atoms with Gasteiger partial charge in [-0.15, -0.1) is 11.3 Å². The Morgan fingerprint density at radius 3 is 2.27 bits per heavy atom. The topological polar surface area (TPSA) is 92.3 Å². The van der Waals surface area contributed by atoms with E-state index in [-0.39, 0.29) is 17.9 Å². The number of benzene rings is 1. The number of alkyl halides is 3. The van der Waals surface area contributed by atoms with Crippen LogP contribution in [0.25, 0.3) is 0 Å². The highest BCUT2D eigenvalue weighted by atomic mass is 32.2. The van der Waals surface area contributed by atoms with E-state index in [0.29, 0.717) is 6.07 Å². The Morgan fingerprint density at radius 1 is 1.04 bits per heavy atom. The third kappa shape index (κ3) is 4.34. The molecular weight excluding hydrogens is 420 g/mol. The molecule has 13 heteroatoms. The van der Waals surface area contributed by atoms with E-state index in [0.717, 1.165) is 23.6 Å². The largest absolute Gasteiger partial charge is 0.426 e. The lowest BCUT2D eigenvalue weighted by molar-refractivity contribution is -0.136. The van der Waals surface area contributed by atoms with E-state index in [2.05, 4.69) is 4.72 Å². The van der Waals surface area contributed by atoms with Crippen LogP contribution in [-0.4, -0.2) is 23.4 Å². The van der Waals surface area contributed by atoms with Gasteiger partial charge >= 0.3 is 6.18 Å². The molecule has 0 atom stereocenters. The highest BCUT2D eigenvalue weighted by Crippen LogP contribution is 2.39. The van der Waals surface area contributed by atoms with Crippen LogP contribution >= 0.6 is 11.3 Å². The second-order valence-electron chi connectivity index (χ2n) is 4.86. The average molecular weight is 432 g/mol. The van der Waals surface area contributed by atoms with Crippen LogP contribution in [0.15, 0.2) is 39.4 Å². The fourth-order valence-corrected chi connectivity index (χ4v) is 5.66. The smallest absolute Gasteiger partial charge is 0.278 e. The molecule has 0 saturated heterocycles. The number of thiophene rings is 1. The summed E-state index contributed by atoms with van der Waals surface area (Å²) >= 11 is 0.179. The lowest BCUT2D eigenvalue weighted by Crippen LogP contribution is -2.25. The SMILES string of the molecule is CCNS(=O)(=O)c1cc(F)ccc1NS(=O)(=O)c1ccsc1C(F)(F)F. The van der Waals surface area contributed by atoms with Gasteiger partial charge in [-0.25, -0.2) is 25.9 Å². The first-order chi connectivity index (χ1) is 11.9. The summed E-state index contributed by atoms with van der Waals surface area (Å²) in [6.45, 7) is 1.38. The molecule has 0 radical (unpaired) electrons. The Bertz CT molecular complexity index is 1010.